The number of benzene rings is 2. The predicted molar refractivity (Wildman–Crippen MR) is 238 cm³/mol. The first-order chi connectivity index (χ1) is 26.0. The molecule has 17 nitrogen and oxygen atoms in total. The van der Waals surface area contributed by atoms with Crippen LogP contribution in [-0.2, 0) is 31.0 Å². The summed E-state index contributed by atoms with van der Waals surface area (Å²) >= 11 is 30.7. The van der Waals surface area contributed by atoms with Crippen molar-refractivity contribution in [1.82, 2.24) is 9.97 Å². The Morgan fingerprint density at radius 2 is 1.25 bits per heavy atom. The Kier molecular flexibility index (Phi) is 40.2. The molecule has 2 aromatic carbocycles. The zero-order chi connectivity index (χ0) is 41.7. The number of ether oxygens (including phenoxy) is 2. The fourth-order valence-corrected chi connectivity index (χ4v) is 5.74. The maximum Gasteiger partial charge on any atom is 1.00 e. The number of amides is 2. The molecule has 4 rings (SSSR count). The molecule has 0 fully saturated rings. The van der Waals surface area contributed by atoms with Crippen LogP contribution < -0.4 is 118 Å². The first kappa shape index (κ1) is 65.5. The van der Waals surface area contributed by atoms with Crippen LogP contribution in [0.2, 0.25) is 20.6 Å². The van der Waals surface area contributed by atoms with Crippen LogP contribution in [0.25, 0.3) is 0 Å². The van der Waals surface area contributed by atoms with Crippen LogP contribution in [0.5, 0.6) is 0 Å². The van der Waals surface area contributed by atoms with Gasteiger partial charge in [0.15, 0.2) is 0 Å². The van der Waals surface area contributed by atoms with Crippen LogP contribution in [0.1, 0.15) is 41.3 Å². The van der Waals surface area contributed by atoms with Gasteiger partial charge in [-0.15, -0.1) is 0 Å². The van der Waals surface area contributed by atoms with Gasteiger partial charge in [-0.3, -0.25) is 35.2 Å². The summed E-state index contributed by atoms with van der Waals surface area (Å²) in [5.74, 6) is 0. The topological polar surface area (TPSA) is 229 Å². The van der Waals surface area contributed by atoms with Crippen molar-refractivity contribution in [2.75, 3.05) is 23.4 Å². The maximum atomic E-state index is 12.4. The van der Waals surface area contributed by atoms with Crippen LogP contribution in [0.4, 0.5) is 32.3 Å². The molecule has 2 amide bonds. The van der Waals surface area contributed by atoms with Gasteiger partial charge >= 0.3 is 126 Å². The van der Waals surface area contributed by atoms with Crippen LogP contribution in [0.3, 0.4) is 0 Å². The quantitative estimate of drug-likeness (QED) is 0.0325. The van der Waals surface area contributed by atoms with Gasteiger partial charge in [-0.1, -0.05) is 101 Å². The minimum Gasteiger partial charge on any atom is -1.00 e. The maximum absolute atomic E-state index is 12.4. The third-order valence-electron chi connectivity index (χ3n) is 5.83. The number of nitrogens with zero attached hydrogens (tertiary/aromatic N) is 5. The molecule has 0 atom stereocenters. The number of halogens is 7. The number of carbonyl (C=O) groups is 3. The van der Waals surface area contributed by atoms with E-state index in [0.29, 0.717) is 0 Å². The fourth-order valence-electron chi connectivity index (χ4n) is 3.66. The van der Waals surface area contributed by atoms with Crippen LogP contribution in [-0.4, -0.2) is 51.7 Å². The van der Waals surface area contributed by atoms with Gasteiger partial charge in [-0.2, -0.15) is 0 Å². The summed E-state index contributed by atoms with van der Waals surface area (Å²) in [6, 6.07) is 18.1. The van der Waals surface area contributed by atoms with E-state index in [1.807, 2.05) is 24.3 Å². The van der Waals surface area contributed by atoms with Crippen molar-refractivity contribution in [3.05, 3.63) is 120 Å². The number of aromatic nitrogens is 2. The molecular formula is C33H35BrCl4I2K2N6O11. The standard InChI is InChI=1S/C15H12Cl2IN3O4.C8H7Cl2N3O4.C7H6BrI.CH2O3.2CH4.2K.H/c1-2-25-15(22)20(8-9-3-5-10(18)6-4-9)11-7-12(16)19-14(17)13(11)21(23)24;1-2-17-8(14)11-4-3-5(9)12-7(10)6(4)13(15)16;8-5-6-1-3-7(9)4-2-6;2-1-4-3;;;;;/h3-7H,2,8H2,1H3;3H,2H2,1H3,(H,11,12,14);1-4H,5H2;1,3H;2*1H4;;;/q;;;;;;2*+1;-1/p-1. The van der Waals surface area contributed by atoms with Crippen molar-refractivity contribution in [2.45, 2.75) is 40.6 Å². The number of hydrogen-bond donors (Lipinski definition) is 1. The number of hydrogen-bond acceptors (Lipinski definition) is 13. The molecule has 0 saturated carbocycles. The molecule has 2 heterocycles. The minimum absolute atomic E-state index is 0. The number of anilines is 2. The Morgan fingerprint density at radius 3 is 1.66 bits per heavy atom. The molecule has 0 aliphatic heterocycles. The van der Waals surface area contributed by atoms with E-state index in [4.69, 9.17) is 61.2 Å². The zero-order valence-corrected chi connectivity index (χ0v) is 45.2. The number of nitrogens with one attached hydrogen (secondary N) is 1. The molecule has 26 heteroatoms. The van der Waals surface area contributed by atoms with Crippen LogP contribution >= 0.6 is 108 Å². The van der Waals surface area contributed by atoms with E-state index < -0.39 is 43.7 Å². The van der Waals surface area contributed by atoms with E-state index >= 15 is 0 Å². The van der Waals surface area contributed by atoms with E-state index in [-0.39, 0.29) is 167 Å². The van der Waals surface area contributed by atoms with Crippen LogP contribution in [0.15, 0.2) is 60.7 Å². The molecule has 0 saturated heterocycles. The molecule has 59 heavy (non-hydrogen) atoms. The molecule has 4 aromatic rings. The Morgan fingerprint density at radius 1 is 0.831 bits per heavy atom. The molecule has 0 aliphatic rings. The Balaban J connectivity index is -0.000000251. The molecule has 0 aliphatic carbocycles. The van der Waals surface area contributed by atoms with Gasteiger partial charge in [-0.25, -0.2) is 19.6 Å². The molecule has 2 aromatic heterocycles. The molecule has 0 bridgehead atoms. The largest absolute Gasteiger partial charge is 1.00 e. The van der Waals surface area contributed by atoms with Crippen molar-refractivity contribution in [2.24, 2.45) is 0 Å². The summed E-state index contributed by atoms with van der Waals surface area (Å²) in [5, 5.41) is 32.7. The molecule has 314 valence electrons. The average Bonchev–Trinajstić information content (AvgIpc) is 3.11. The van der Waals surface area contributed by atoms with Gasteiger partial charge < -0.3 is 21.0 Å². The van der Waals surface area contributed by atoms with Crippen LogP contribution in [0, 0.1) is 27.4 Å². The summed E-state index contributed by atoms with van der Waals surface area (Å²) < 4.78 is 11.9. The third-order valence-corrected chi connectivity index (χ3v) is 8.83. The molecule has 0 unspecified atom stereocenters. The van der Waals surface area contributed by atoms with Crippen molar-refractivity contribution in [3.8, 4) is 0 Å². The second kappa shape index (κ2) is 36.2. The van der Waals surface area contributed by atoms with Crippen molar-refractivity contribution < 1.29 is 148 Å². The van der Waals surface area contributed by atoms with Gasteiger partial charge in [0.25, 0.3) is 6.47 Å². The Labute approximate surface area is 482 Å². The van der Waals surface area contributed by atoms with Gasteiger partial charge in [0, 0.05) is 24.6 Å². The Hall–Kier alpha value is -0.117. The van der Waals surface area contributed by atoms with E-state index in [9.17, 15) is 29.8 Å². The summed E-state index contributed by atoms with van der Waals surface area (Å²) in [5.41, 5.74) is 0.793. The van der Waals surface area contributed by atoms with Gasteiger partial charge in [0.1, 0.15) is 21.7 Å². The number of rotatable bonds is 10. The van der Waals surface area contributed by atoms with Gasteiger partial charge in [0.05, 0.1) is 29.6 Å². The van der Waals surface area contributed by atoms with Gasteiger partial charge in [0.2, 0.25) is 10.3 Å². The second-order valence-corrected chi connectivity index (χ2v) is 14.0. The normalized spacial score (nSPS) is 9.05. The van der Waals surface area contributed by atoms with Crippen molar-refractivity contribution in [1.29, 1.82) is 0 Å². The smallest absolute Gasteiger partial charge is 1.00 e. The Bertz CT molecular complexity index is 1940. The summed E-state index contributed by atoms with van der Waals surface area (Å²) in [4.78, 5) is 63.7. The number of pyridine rings is 2. The van der Waals surface area contributed by atoms with Crippen molar-refractivity contribution in [3.63, 3.8) is 0 Å². The molecule has 0 spiro atoms. The first-order valence-electron chi connectivity index (χ1n) is 14.7. The molecular weight excluding hydrogens is 1210 g/mol. The van der Waals surface area contributed by atoms with E-state index in [0.717, 1.165) is 25.4 Å². The number of carbonyl (C=O) groups excluding carboxylic acids is 3. The molecule has 0 radical (unpaired) electrons. The number of alkyl halides is 1. The van der Waals surface area contributed by atoms with E-state index in [2.05, 4.69) is 110 Å². The minimum atomic E-state index is -0.839. The first-order valence-corrected chi connectivity index (χ1v) is 19.5. The monoisotopic (exact) mass is 1240 g/mol. The van der Waals surface area contributed by atoms with Crippen molar-refractivity contribution >= 4 is 149 Å². The SMILES string of the molecule is BrCc1ccc(I)cc1.C.C.CCOC(=O)N(Cc1ccc(I)cc1)c1cc(Cl)nc(Cl)c1[N+](=O)[O-].CCOC(=O)Nc1cc(Cl)nc(Cl)c1[N+](=O)[O-].O=CO[O-].[H-].[K+].[K+]. The molecule has 1 N–H and O–H groups in total. The zero-order valence-electron chi connectivity index (χ0n) is 31.1. The van der Waals surface area contributed by atoms with Gasteiger partial charge in [-0.05, 0) is 94.4 Å². The summed E-state index contributed by atoms with van der Waals surface area (Å²) in [7, 11) is 0. The number of nitro groups is 2. The fraction of sp³-hybridized carbons (Fsp3) is 0.242. The van der Waals surface area contributed by atoms with E-state index in [1.165, 1.54) is 15.2 Å². The summed E-state index contributed by atoms with van der Waals surface area (Å²) in [6.07, 6.45) is -1.59. The predicted octanol–water partition coefficient (Wildman–Crippen LogP) is 4.94. The van der Waals surface area contributed by atoms with E-state index in [1.54, 1.807) is 13.8 Å². The third kappa shape index (κ3) is 25.1. The summed E-state index contributed by atoms with van der Waals surface area (Å²) in [6.45, 7) is 3.35. The second-order valence-electron chi connectivity index (χ2n) is 9.46. The average molecular weight is 1250 g/mol.